The summed E-state index contributed by atoms with van der Waals surface area (Å²) in [5.74, 6) is 2.72. The lowest BCUT2D eigenvalue weighted by atomic mass is 9.78. The predicted octanol–water partition coefficient (Wildman–Crippen LogP) is 2.58. The van der Waals surface area contributed by atoms with Crippen molar-refractivity contribution in [2.45, 2.75) is 45.7 Å². The van der Waals surface area contributed by atoms with Gasteiger partial charge in [-0.3, -0.25) is 0 Å². The Hall–Kier alpha value is -1.02. The molecule has 1 saturated carbocycles. The topological polar surface area (TPSA) is 25.8 Å². The molecule has 0 aliphatic heterocycles. The lowest BCUT2D eigenvalue weighted by Crippen LogP contribution is -2.90. The Bertz CT molecular complexity index is 377. The molecular formula is C16H26NO+. The van der Waals surface area contributed by atoms with Gasteiger partial charge in [-0.15, -0.1) is 0 Å². The molecule has 2 N–H and O–H groups in total. The van der Waals surface area contributed by atoms with E-state index in [-0.39, 0.29) is 0 Å². The van der Waals surface area contributed by atoms with E-state index in [1.165, 1.54) is 24.8 Å². The van der Waals surface area contributed by atoms with E-state index in [0.717, 1.165) is 30.2 Å². The molecule has 0 aromatic heterocycles. The minimum Gasteiger partial charge on any atom is -0.496 e. The van der Waals surface area contributed by atoms with Gasteiger partial charge in [0.2, 0.25) is 0 Å². The second kappa shape index (κ2) is 6.24. The van der Waals surface area contributed by atoms with E-state index in [1.54, 1.807) is 7.11 Å². The Morgan fingerprint density at radius 3 is 2.78 bits per heavy atom. The van der Waals surface area contributed by atoms with Crippen LogP contribution in [0.5, 0.6) is 5.75 Å². The highest BCUT2D eigenvalue weighted by Crippen LogP contribution is 2.27. The summed E-state index contributed by atoms with van der Waals surface area (Å²) in [5.41, 5.74) is 1.31. The predicted molar refractivity (Wildman–Crippen MR) is 74.6 cm³/mol. The largest absolute Gasteiger partial charge is 0.496 e. The fourth-order valence-corrected chi connectivity index (χ4v) is 3.11. The molecule has 2 nitrogen and oxygen atoms in total. The SMILES string of the molecule is COc1ccccc1C[NH2+][C@H]1CCC[C@H](C)[C@@H]1C. The van der Waals surface area contributed by atoms with E-state index in [0.29, 0.717) is 0 Å². The van der Waals surface area contributed by atoms with Crippen molar-refractivity contribution in [2.75, 3.05) is 7.11 Å². The molecule has 0 amide bonds. The Morgan fingerprint density at radius 1 is 1.22 bits per heavy atom. The van der Waals surface area contributed by atoms with E-state index >= 15 is 0 Å². The third-order valence-corrected chi connectivity index (χ3v) is 4.60. The van der Waals surface area contributed by atoms with Crippen LogP contribution in [0.3, 0.4) is 0 Å². The average molecular weight is 248 g/mol. The van der Waals surface area contributed by atoms with Crippen molar-refractivity contribution in [2.24, 2.45) is 11.8 Å². The molecule has 0 saturated heterocycles. The molecule has 2 rings (SSSR count). The van der Waals surface area contributed by atoms with E-state index in [1.807, 2.05) is 6.07 Å². The van der Waals surface area contributed by atoms with Gasteiger partial charge in [0.15, 0.2) is 0 Å². The van der Waals surface area contributed by atoms with Gasteiger partial charge in [-0.1, -0.05) is 26.0 Å². The van der Waals surface area contributed by atoms with E-state index in [9.17, 15) is 0 Å². The Morgan fingerprint density at radius 2 is 2.00 bits per heavy atom. The first-order valence-corrected chi connectivity index (χ1v) is 7.17. The monoisotopic (exact) mass is 248 g/mol. The molecule has 100 valence electrons. The van der Waals surface area contributed by atoms with E-state index in [4.69, 9.17) is 4.74 Å². The molecule has 0 heterocycles. The van der Waals surface area contributed by atoms with Gasteiger partial charge in [-0.25, -0.2) is 0 Å². The van der Waals surface area contributed by atoms with Gasteiger partial charge in [-0.2, -0.15) is 0 Å². The maximum Gasteiger partial charge on any atom is 0.127 e. The maximum atomic E-state index is 5.41. The van der Waals surface area contributed by atoms with Crippen molar-refractivity contribution in [3.8, 4) is 5.75 Å². The van der Waals surface area contributed by atoms with Crippen molar-refractivity contribution in [1.82, 2.24) is 0 Å². The zero-order valence-corrected chi connectivity index (χ0v) is 11.9. The van der Waals surface area contributed by atoms with Crippen molar-refractivity contribution in [3.63, 3.8) is 0 Å². The number of rotatable bonds is 4. The normalized spacial score (nSPS) is 28.1. The molecule has 1 aliphatic carbocycles. The zero-order chi connectivity index (χ0) is 13.0. The maximum absolute atomic E-state index is 5.41. The molecular weight excluding hydrogens is 222 g/mol. The number of methoxy groups -OCH3 is 1. The van der Waals surface area contributed by atoms with Crippen LogP contribution in [0.4, 0.5) is 0 Å². The van der Waals surface area contributed by atoms with E-state index in [2.05, 4.69) is 37.4 Å². The number of benzene rings is 1. The van der Waals surface area contributed by atoms with Crippen LogP contribution in [-0.2, 0) is 6.54 Å². The van der Waals surface area contributed by atoms with Crippen LogP contribution in [0.25, 0.3) is 0 Å². The standard InChI is InChI=1S/C16H25NO/c1-12-7-6-9-15(13(12)2)17-11-14-8-4-5-10-16(14)18-3/h4-5,8,10,12-13,15,17H,6-7,9,11H2,1-3H3/p+1/t12-,13-,15-/m0/s1. The minimum absolute atomic E-state index is 0.777. The second-order valence-corrected chi connectivity index (χ2v) is 5.68. The van der Waals surface area contributed by atoms with Crippen LogP contribution < -0.4 is 10.1 Å². The van der Waals surface area contributed by atoms with Crippen molar-refractivity contribution >= 4 is 0 Å². The summed E-state index contributed by atoms with van der Waals surface area (Å²) in [4.78, 5) is 0. The smallest absolute Gasteiger partial charge is 0.127 e. The van der Waals surface area contributed by atoms with Crippen molar-refractivity contribution < 1.29 is 10.1 Å². The molecule has 1 aromatic carbocycles. The summed E-state index contributed by atoms with van der Waals surface area (Å²) in [7, 11) is 1.75. The van der Waals surface area contributed by atoms with Crippen LogP contribution in [0, 0.1) is 11.8 Å². The highest BCUT2D eigenvalue weighted by Gasteiger charge is 2.29. The summed E-state index contributed by atoms with van der Waals surface area (Å²) < 4.78 is 5.41. The van der Waals surface area contributed by atoms with Crippen LogP contribution >= 0.6 is 0 Å². The molecule has 0 unspecified atom stereocenters. The van der Waals surface area contributed by atoms with Gasteiger partial charge in [0.05, 0.1) is 13.2 Å². The third kappa shape index (κ3) is 3.05. The molecule has 1 fully saturated rings. The third-order valence-electron chi connectivity index (χ3n) is 4.60. The average Bonchev–Trinajstić information content (AvgIpc) is 2.41. The highest BCUT2D eigenvalue weighted by atomic mass is 16.5. The van der Waals surface area contributed by atoms with Gasteiger partial charge < -0.3 is 10.1 Å². The minimum atomic E-state index is 0.777. The molecule has 1 aliphatic rings. The zero-order valence-electron chi connectivity index (χ0n) is 11.9. The van der Waals surface area contributed by atoms with Crippen LogP contribution in [0.15, 0.2) is 24.3 Å². The summed E-state index contributed by atoms with van der Waals surface area (Å²) in [5, 5.41) is 2.51. The first-order chi connectivity index (χ1) is 8.72. The quantitative estimate of drug-likeness (QED) is 0.870. The highest BCUT2D eigenvalue weighted by molar-refractivity contribution is 5.32. The van der Waals surface area contributed by atoms with Gasteiger partial charge >= 0.3 is 0 Å². The molecule has 0 spiro atoms. The van der Waals surface area contributed by atoms with Crippen molar-refractivity contribution in [1.29, 1.82) is 0 Å². The van der Waals surface area contributed by atoms with Gasteiger partial charge in [0, 0.05) is 11.5 Å². The number of para-hydroxylation sites is 1. The first kappa shape index (κ1) is 13.4. The fourth-order valence-electron chi connectivity index (χ4n) is 3.11. The van der Waals surface area contributed by atoms with Crippen molar-refractivity contribution in [3.05, 3.63) is 29.8 Å². The number of nitrogens with two attached hydrogens (primary N) is 1. The summed E-state index contributed by atoms with van der Waals surface area (Å²) >= 11 is 0. The molecule has 18 heavy (non-hydrogen) atoms. The second-order valence-electron chi connectivity index (χ2n) is 5.68. The molecule has 0 bridgehead atoms. The Kier molecular flexibility index (Phi) is 4.65. The van der Waals surface area contributed by atoms with Crippen LogP contribution in [0.2, 0.25) is 0 Å². The number of ether oxygens (including phenoxy) is 1. The van der Waals surface area contributed by atoms with E-state index < -0.39 is 0 Å². The van der Waals surface area contributed by atoms with Gasteiger partial charge in [0.25, 0.3) is 0 Å². The number of hydrogen-bond donors (Lipinski definition) is 1. The van der Waals surface area contributed by atoms with Gasteiger partial charge in [-0.05, 0) is 37.3 Å². The summed E-state index contributed by atoms with van der Waals surface area (Å²) in [6.45, 7) is 5.84. The molecule has 1 aromatic rings. The summed E-state index contributed by atoms with van der Waals surface area (Å²) in [6, 6.07) is 9.13. The Balaban J connectivity index is 1.94. The molecule has 3 atom stereocenters. The Labute approximate surface area is 111 Å². The van der Waals surface area contributed by atoms with Gasteiger partial charge in [0.1, 0.15) is 12.3 Å². The number of quaternary nitrogens is 1. The van der Waals surface area contributed by atoms with Crippen LogP contribution in [0.1, 0.15) is 38.7 Å². The lowest BCUT2D eigenvalue weighted by Gasteiger charge is -2.32. The van der Waals surface area contributed by atoms with Crippen LogP contribution in [-0.4, -0.2) is 13.2 Å². The summed E-state index contributed by atoms with van der Waals surface area (Å²) in [6.07, 6.45) is 4.15. The molecule has 0 radical (unpaired) electrons. The lowest BCUT2D eigenvalue weighted by molar-refractivity contribution is -0.713. The number of hydrogen-bond acceptors (Lipinski definition) is 1. The molecule has 2 heteroatoms. The first-order valence-electron chi connectivity index (χ1n) is 7.17. The fraction of sp³-hybridized carbons (Fsp3) is 0.625.